The van der Waals surface area contributed by atoms with Crippen LogP contribution in [0.1, 0.15) is 66.7 Å². The molecule has 1 N–H and O–H groups in total. The van der Waals surface area contributed by atoms with Gasteiger partial charge in [0.15, 0.2) is 0 Å². The number of carbonyl (C=O) groups is 3. The Kier molecular flexibility index (Phi) is 7.24. The van der Waals surface area contributed by atoms with E-state index in [1.165, 1.54) is 0 Å². The highest BCUT2D eigenvalue weighted by Crippen LogP contribution is 2.24. The maximum Gasteiger partial charge on any atom is 0.312 e. The number of hydrogen-bond acceptors (Lipinski definition) is 4. The van der Waals surface area contributed by atoms with Crippen LogP contribution in [-0.4, -0.2) is 47.9 Å². The SMILES string of the molecule is CC(C)(C)OC(=O)C(C)(C)CCNC(=O)CN1CCCCCC1=O. The molecule has 2 amide bonds. The van der Waals surface area contributed by atoms with Crippen LogP contribution in [0.2, 0.25) is 0 Å². The van der Waals surface area contributed by atoms with Crippen LogP contribution in [-0.2, 0) is 19.1 Å². The molecule has 0 radical (unpaired) electrons. The molecule has 0 aliphatic carbocycles. The van der Waals surface area contributed by atoms with E-state index in [0.717, 1.165) is 19.3 Å². The third-order valence-electron chi connectivity index (χ3n) is 4.03. The van der Waals surface area contributed by atoms with E-state index < -0.39 is 11.0 Å². The summed E-state index contributed by atoms with van der Waals surface area (Å²) >= 11 is 0. The zero-order valence-corrected chi connectivity index (χ0v) is 15.7. The lowest BCUT2D eigenvalue weighted by molar-refractivity contribution is -0.166. The number of nitrogens with one attached hydrogen (secondary N) is 1. The summed E-state index contributed by atoms with van der Waals surface area (Å²) in [6, 6.07) is 0. The lowest BCUT2D eigenvalue weighted by Crippen LogP contribution is -2.42. The van der Waals surface area contributed by atoms with Crippen molar-refractivity contribution in [2.45, 2.75) is 72.3 Å². The molecular formula is C18H32N2O4. The number of amides is 2. The summed E-state index contributed by atoms with van der Waals surface area (Å²) in [6.07, 6.45) is 3.90. The van der Waals surface area contributed by atoms with Crippen LogP contribution < -0.4 is 5.32 Å². The van der Waals surface area contributed by atoms with Crippen LogP contribution in [0.4, 0.5) is 0 Å². The predicted octanol–water partition coefficient (Wildman–Crippen LogP) is 2.26. The molecule has 0 aromatic carbocycles. The van der Waals surface area contributed by atoms with Crippen molar-refractivity contribution in [2.75, 3.05) is 19.6 Å². The van der Waals surface area contributed by atoms with E-state index in [0.29, 0.717) is 25.9 Å². The molecule has 0 aromatic rings. The van der Waals surface area contributed by atoms with E-state index in [-0.39, 0.29) is 24.3 Å². The third-order valence-corrected chi connectivity index (χ3v) is 4.03. The van der Waals surface area contributed by atoms with E-state index in [1.54, 1.807) is 4.90 Å². The van der Waals surface area contributed by atoms with Crippen molar-refractivity contribution in [3.05, 3.63) is 0 Å². The first-order valence-corrected chi connectivity index (χ1v) is 8.79. The van der Waals surface area contributed by atoms with E-state index in [2.05, 4.69) is 5.32 Å². The van der Waals surface area contributed by atoms with Gasteiger partial charge in [0.25, 0.3) is 0 Å². The fourth-order valence-corrected chi connectivity index (χ4v) is 2.47. The highest BCUT2D eigenvalue weighted by molar-refractivity contribution is 5.85. The van der Waals surface area contributed by atoms with E-state index in [4.69, 9.17) is 4.74 Å². The normalized spacial score (nSPS) is 16.5. The summed E-state index contributed by atoms with van der Waals surface area (Å²) in [6.45, 7) is 10.3. The van der Waals surface area contributed by atoms with Gasteiger partial charge in [0.2, 0.25) is 11.8 Å². The summed E-state index contributed by atoms with van der Waals surface area (Å²) in [5.74, 6) is -0.395. The monoisotopic (exact) mass is 340 g/mol. The molecule has 1 aliphatic heterocycles. The maximum atomic E-state index is 12.2. The lowest BCUT2D eigenvalue weighted by atomic mass is 9.89. The molecule has 1 aliphatic rings. The van der Waals surface area contributed by atoms with E-state index in [1.807, 2.05) is 34.6 Å². The van der Waals surface area contributed by atoms with E-state index >= 15 is 0 Å². The van der Waals surface area contributed by atoms with Crippen LogP contribution in [0.25, 0.3) is 0 Å². The Hall–Kier alpha value is -1.59. The van der Waals surface area contributed by atoms with Crippen LogP contribution in [0.3, 0.4) is 0 Å². The Morgan fingerprint density at radius 3 is 2.42 bits per heavy atom. The van der Waals surface area contributed by atoms with Crippen LogP contribution in [0, 0.1) is 5.41 Å². The van der Waals surface area contributed by atoms with Gasteiger partial charge in [-0.05, 0) is 53.9 Å². The minimum atomic E-state index is -0.668. The number of nitrogens with zero attached hydrogens (tertiary/aromatic N) is 1. The van der Waals surface area contributed by atoms with Gasteiger partial charge in [0.1, 0.15) is 5.60 Å². The number of hydrogen-bond donors (Lipinski definition) is 1. The first-order chi connectivity index (χ1) is 11.0. The number of likely N-dealkylation sites (tertiary alicyclic amines) is 1. The van der Waals surface area contributed by atoms with Gasteiger partial charge in [0.05, 0.1) is 12.0 Å². The zero-order valence-electron chi connectivity index (χ0n) is 15.7. The van der Waals surface area contributed by atoms with Crippen molar-refractivity contribution in [1.82, 2.24) is 10.2 Å². The molecule has 1 rings (SSSR count). The fraction of sp³-hybridized carbons (Fsp3) is 0.833. The smallest absolute Gasteiger partial charge is 0.312 e. The third kappa shape index (κ3) is 7.32. The molecule has 1 fully saturated rings. The van der Waals surface area contributed by atoms with Gasteiger partial charge in [-0.3, -0.25) is 14.4 Å². The molecule has 0 spiro atoms. The second-order valence-corrected chi connectivity index (χ2v) is 8.11. The predicted molar refractivity (Wildman–Crippen MR) is 92.3 cm³/mol. The van der Waals surface area contributed by atoms with Crippen molar-refractivity contribution in [3.63, 3.8) is 0 Å². The van der Waals surface area contributed by atoms with Crippen LogP contribution in [0.5, 0.6) is 0 Å². The largest absolute Gasteiger partial charge is 0.460 e. The molecule has 6 nitrogen and oxygen atoms in total. The van der Waals surface area contributed by atoms with Gasteiger partial charge >= 0.3 is 5.97 Å². The molecule has 0 saturated carbocycles. The van der Waals surface area contributed by atoms with Gasteiger partial charge in [-0.2, -0.15) is 0 Å². The second kappa shape index (κ2) is 8.49. The molecular weight excluding hydrogens is 308 g/mol. The molecule has 0 aromatic heterocycles. The summed E-state index contributed by atoms with van der Waals surface area (Å²) in [5, 5.41) is 2.80. The van der Waals surface area contributed by atoms with E-state index in [9.17, 15) is 14.4 Å². The maximum absolute atomic E-state index is 12.2. The van der Waals surface area contributed by atoms with Gasteiger partial charge < -0.3 is 15.0 Å². The Morgan fingerprint density at radius 1 is 1.12 bits per heavy atom. The average Bonchev–Trinajstić information content (AvgIpc) is 2.62. The Labute approximate surface area is 145 Å². The average molecular weight is 340 g/mol. The van der Waals surface area contributed by atoms with Gasteiger partial charge in [-0.1, -0.05) is 6.42 Å². The number of rotatable bonds is 6. The van der Waals surface area contributed by atoms with Crippen molar-refractivity contribution < 1.29 is 19.1 Å². The molecule has 138 valence electrons. The quantitative estimate of drug-likeness (QED) is 0.753. The van der Waals surface area contributed by atoms with Crippen molar-refractivity contribution >= 4 is 17.8 Å². The Balaban J connectivity index is 2.38. The minimum Gasteiger partial charge on any atom is -0.460 e. The van der Waals surface area contributed by atoms with Crippen molar-refractivity contribution in [1.29, 1.82) is 0 Å². The molecule has 0 unspecified atom stereocenters. The van der Waals surface area contributed by atoms with Crippen molar-refractivity contribution in [3.8, 4) is 0 Å². The second-order valence-electron chi connectivity index (χ2n) is 8.11. The Morgan fingerprint density at radius 2 is 1.79 bits per heavy atom. The summed E-state index contributed by atoms with van der Waals surface area (Å²) < 4.78 is 5.40. The number of esters is 1. The lowest BCUT2D eigenvalue weighted by Gasteiger charge is -2.28. The highest BCUT2D eigenvalue weighted by atomic mass is 16.6. The summed E-state index contributed by atoms with van der Waals surface area (Å²) in [7, 11) is 0. The van der Waals surface area contributed by atoms with Crippen LogP contribution in [0.15, 0.2) is 0 Å². The molecule has 0 bridgehead atoms. The molecule has 24 heavy (non-hydrogen) atoms. The Bertz CT molecular complexity index is 466. The summed E-state index contributed by atoms with van der Waals surface area (Å²) in [4.78, 5) is 37.7. The van der Waals surface area contributed by atoms with Crippen LogP contribution >= 0.6 is 0 Å². The van der Waals surface area contributed by atoms with Gasteiger partial charge in [0, 0.05) is 19.5 Å². The molecule has 1 heterocycles. The first-order valence-electron chi connectivity index (χ1n) is 8.79. The van der Waals surface area contributed by atoms with Crippen molar-refractivity contribution in [2.24, 2.45) is 5.41 Å². The topological polar surface area (TPSA) is 75.7 Å². The number of carbonyl (C=O) groups excluding carboxylic acids is 3. The zero-order chi connectivity index (χ0) is 18.4. The molecule has 1 saturated heterocycles. The van der Waals surface area contributed by atoms with Gasteiger partial charge in [-0.15, -0.1) is 0 Å². The molecule has 0 atom stereocenters. The fourth-order valence-electron chi connectivity index (χ4n) is 2.47. The van der Waals surface area contributed by atoms with Gasteiger partial charge in [-0.25, -0.2) is 0 Å². The standard InChI is InChI=1S/C18H32N2O4/c1-17(2,3)24-16(23)18(4,5)10-11-19-14(21)13-20-12-8-6-7-9-15(20)22/h6-13H2,1-5H3,(H,19,21). The first kappa shape index (κ1) is 20.5. The highest BCUT2D eigenvalue weighted by Gasteiger charge is 2.32. The number of ether oxygens (including phenoxy) is 1. The molecule has 6 heteroatoms. The summed E-state index contributed by atoms with van der Waals surface area (Å²) in [5.41, 5.74) is -1.19. The minimum absolute atomic E-state index is 0.0525.